The Hall–Kier alpha value is -1.27. The number of amides is 2. The predicted octanol–water partition coefficient (Wildman–Crippen LogP) is 3.37. The van der Waals surface area contributed by atoms with Crippen LogP contribution in [0.1, 0.15) is 72.1 Å². The van der Waals surface area contributed by atoms with Gasteiger partial charge >= 0.3 is 0 Å². The fourth-order valence-corrected chi connectivity index (χ4v) is 3.34. The molecule has 0 bridgehead atoms. The highest BCUT2D eigenvalue weighted by molar-refractivity contribution is 6.03. The molecule has 6 nitrogen and oxygen atoms in total. The molecule has 0 spiro atoms. The zero-order valence-corrected chi connectivity index (χ0v) is 17.3. The smallest absolute Gasteiger partial charge is 0.232 e. The molecule has 27 heavy (non-hydrogen) atoms. The van der Waals surface area contributed by atoms with Gasteiger partial charge in [0.1, 0.15) is 6.61 Å². The van der Waals surface area contributed by atoms with Crippen molar-refractivity contribution in [2.75, 3.05) is 33.0 Å². The Bertz CT molecular complexity index is 457. The zero-order chi connectivity index (χ0) is 20.1. The molecule has 1 fully saturated rings. The summed E-state index contributed by atoms with van der Waals surface area (Å²) >= 11 is 0. The lowest BCUT2D eigenvalue weighted by Crippen LogP contribution is -2.34. The number of carbonyl (C=O) groups excluding carboxylic acids is 3. The molecular weight excluding hydrogens is 346 g/mol. The van der Waals surface area contributed by atoms with Crippen LogP contribution < -0.4 is 0 Å². The van der Waals surface area contributed by atoms with Crippen LogP contribution in [0.5, 0.6) is 0 Å². The van der Waals surface area contributed by atoms with Gasteiger partial charge in [0.15, 0.2) is 5.78 Å². The van der Waals surface area contributed by atoms with Crippen LogP contribution in [-0.4, -0.2) is 55.5 Å². The number of carbonyl (C=O) groups is 3. The van der Waals surface area contributed by atoms with Crippen molar-refractivity contribution in [3.05, 3.63) is 0 Å². The summed E-state index contributed by atoms with van der Waals surface area (Å²) in [7, 11) is 0. The largest absolute Gasteiger partial charge is 0.377 e. The monoisotopic (exact) mass is 383 g/mol. The minimum Gasteiger partial charge on any atom is -0.377 e. The van der Waals surface area contributed by atoms with Gasteiger partial charge in [0.25, 0.3) is 0 Å². The average molecular weight is 384 g/mol. The minimum absolute atomic E-state index is 0.0850. The van der Waals surface area contributed by atoms with E-state index < -0.39 is 0 Å². The maximum absolute atomic E-state index is 12.3. The first-order chi connectivity index (χ1) is 13.0. The number of Topliss-reactive ketones (excluding diaryl/α,β-unsaturated/α-hetero) is 1. The fraction of sp³-hybridized carbons (Fsp3) is 0.857. The molecule has 0 N–H and O–H groups in total. The summed E-state index contributed by atoms with van der Waals surface area (Å²) in [4.78, 5) is 37.4. The maximum atomic E-state index is 12.3. The molecule has 0 aromatic carbocycles. The molecular formula is C21H37NO5. The number of hydrogen-bond acceptors (Lipinski definition) is 5. The Morgan fingerprint density at radius 2 is 1.67 bits per heavy atom. The number of imide groups is 1. The molecule has 1 aliphatic heterocycles. The van der Waals surface area contributed by atoms with E-state index in [1.807, 2.05) is 6.92 Å². The molecule has 6 heteroatoms. The third-order valence-electron chi connectivity index (χ3n) is 5.17. The summed E-state index contributed by atoms with van der Waals surface area (Å²) in [6, 6.07) is 0. The maximum Gasteiger partial charge on any atom is 0.232 e. The average Bonchev–Trinajstić information content (AvgIpc) is 2.94. The summed E-state index contributed by atoms with van der Waals surface area (Å²) in [5.74, 6) is -0.0545. The van der Waals surface area contributed by atoms with Crippen molar-refractivity contribution in [2.24, 2.45) is 11.8 Å². The fourth-order valence-electron chi connectivity index (χ4n) is 3.34. The normalized spacial score (nSPS) is 17.3. The van der Waals surface area contributed by atoms with Crippen LogP contribution in [0, 0.1) is 11.8 Å². The molecule has 1 heterocycles. The van der Waals surface area contributed by atoms with Gasteiger partial charge in [-0.05, 0) is 19.3 Å². The van der Waals surface area contributed by atoms with E-state index in [-0.39, 0.29) is 36.0 Å². The van der Waals surface area contributed by atoms with Crippen molar-refractivity contribution in [3.63, 3.8) is 0 Å². The van der Waals surface area contributed by atoms with Crippen LogP contribution in [0.15, 0.2) is 0 Å². The number of ether oxygens (including phenoxy) is 2. The molecule has 1 unspecified atom stereocenters. The number of rotatable bonds is 16. The first-order valence-electron chi connectivity index (χ1n) is 10.6. The third kappa shape index (κ3) is 8.52. The molecule has 1 aliphatic rings. The van der Waals surface area contributed by atoms with Crippen molar-refractivity contribution in [1.29, 1.82) is 0 Å². The van der Waals surface area contributed by atoms with Crippen LogP contribution in [0.25, 0.3) is 0 Å². The highest BCUT2D eigenvalue weighted by Crippen LogP contribution is 2.21. The van der Waals surface area contributed by atoms with E-state index in [0.717, 1.165) is 38.5 Å². The number of ketones is 1. The number of unbranched alkanes of at least 4 members (excludes halogenated alkanes) is 2. The Balaban J connectivity index is 2.14. The second-order valence-corrected chi connectivity index (χ2v) is 7.31. The van der Waals surface area contributed by atoms with Gasteiger partial charge in [-0.2, -0.15) is 0 Å². The van der Waals surface area contributed by atoms with Crippen molar-refractivity contribution in [2.45, 2.75) is 72.1 Å². The first kappa shape index (κ1) is 23.8. The topological polar surface area (TPSA) is 72.9 Å². The molecule has 0 aromatic rings. The highest BCUT2D eigenvalue weighted by atomic mass is 16.5. The van der Waals surface area contributed by atoms with Crippen molar-refractivity contribution >= 4 is 17.6 Å². The molecule has 1 atom stereocenters. The minimum atomic E-state index is -0.166. The van der Waals surface area contributed by atoms with Gasteiger partial charge in [-0.1, -0.05) is 46.5 Å². The number of likely N-dealkylation sites (tertiary alicyclic amines) is 1. The lowest BCUT2D eigenvalue weighted by Gasteiger charge is -2.16. The molecule has 1 rings (SSSR count). The van der Waals surface area contributed by atoms with Gasteiger partial charge in [-0.25, -0.2) is 0 Å². The number of hydrogen-bond donors (Lipinski definition) is 0. The molecule has 0 aliphatic carbocycles. The second-order valence-electron chi connectivity index (χ2n) is 7.31. The predicted molar refractivity (Wildman–Crippen MR) is 104 cm³/mol. The lowest BCUT2D eigenvalue weighted by atomic mass is 9.92. The quantitative estimate of drug-likeness (QED) is 0.302. The molecule has 0 saturated carbocycles. The van der Waals surface area contributed by atoms with Crippen LogP contribution in [-0.2, 0) is 23.9 Å². The molecule has 0 radical (unpaired) electrons. The van der Waals surface area contributed by atoms with E-state index >= 15 is 0 Å². The van der Waals surface area contributed by atoms with Crippen LogP contribution in [0.3, 0.4) is 0 Å². The van der Waals surface area contributed by atoms with E-state index in [4.69, 9.17) is 9.47 Å². The lowest BCUT2D eigenvalue weighted by molar-refractivity contribution is -0.140. The van der Waals surface area contributed by atoms with E-state index in [2.05, 4.69) is 13.8 Å². The Kier molecular flexibility index (Phi) is 12.2. The third-order valence-corrected chi connectivity index (χ3v) is 5.17. The standard InChI is InChI=1S/C21H37NO5/c1-4-7-9-18(10-8-5-2)19(23)16-27-14-13-26-12-11-22-20(24)15-17(6-3)21(22)25/h17-18H,4-16H2,1-3H3. The highest BCUT2D eigenvalue weighted by Gasteiger charge is 2.36. The van der Waals surface area contributed by atoms with Gasteiger partial charge in [0, 0.05) is 18.3 Å². The van der Waals surface area contributed by atoms with E-state index in [0.29, 0.717) is 39.2 Å². The van der Waals surface area contributed by atoms with Crippen molar-refractivity contribution in [3.8, 4) is 0 Å². The van der Waals surface area contributed by atoms with Gasteiger partial charge in [-0.3, -0.25) is 19.3 Å². The molecule has 156 valence electrons. The molecule has 2 amide bonds. The summed E-state index contributed by atoms with van der Waals surface area (Å²) in [6.45, 7) is 7.65. The first-order valence-corrected chi connectivity index (χ1v) is 10.6. The van der Waals surface area contributed by atoms with E-state index in [1.165, 1.54) is 4.90 Å². The zero-order valence-electron chi connectivity index (χ0n) is 17.3. The van der Waals surface area contributed by atoms with Gasteiger partial charge < -0.3 is 9.47 Å². The van der Waals surface area contributed by atoms with Crippen LogP contribution in [0.4, 0.5) is 0 Å². The van der Waals surface area contributed by atoms with Gasteiger partial charge in [-0.15, -0.1) is 0 Å². The van der Waals surface area contributed by atoms with E-state index in [1.54, 1.807) is 0 Å². The molecule has 1 saturated heterocycles. The summed E-state index contributed by atoms with van der Waals surface area (Å²) < 4.78 is 10.9. The summed E-state index contributed by atoms with van der Waals surface area (Å²) in [5, 5.41) is 0. The second kappa shape index (κ2) is 13.8. The van der Waals surface area contributed by atoms with Crippen molar-refractivity contribution in [1.82, 2.24) is 4.90 Å². The molecule has 0 aromatic heterocycles. The number of nitrogens with zero attached hydrogens (tertiary/aromatic N) is 1. The Morgan fingerprint density at radius 1 is 1.04 bits per heavy atom. The van der Waals surface area contributed by atoms with Crippen molar-refractivity contribution < 1.29 is 23.9 Å². The summed E-state index contributed by atoms with van der Waals surface area (Å²) in [5.41, 5.74) is 0. The summed E-state index contributed by atoms with van der Waals surface area (Å²) in [6.07, 6.45) is 7.28. The SMILES string of the molecule is CCCCC(CCCC)C(=O)COCCOCCN1C(=O)CC(CC)C1=O. The van der Waals surface area contributed by atoms with Crippen LogP contribution in [0.2, 0.25) is 0 Å². The van der Waals surface area contributed by atoms with Gasteiger partial charge in [0.05, 0.1) is 26.4 Å². The Labute approximate surface area is 164 Å². The van der Waals surface area contributed by atoms with Gasteiger partial charge in [0.2, 0.25) is 11.8 Å². The van der Waals surface area contributed by atoms with Crippen LogP contribution >= 0.6 is 0 Å². The van der Waals surface area contributed by atoms with E-state index in [9.17, 15) is 14.4 Å². The Morgan fingerprint density at radius 3 is 2.22 bits per heavy atom.